The zero-order valence-corrected chi connectivity index (χ0v) is 15.0. The molecular formula is C22H26N2O2. The van der Waals surface area contributed by atoms with Gasteiger partial charge in [0.25, 0.3) is 0 Å². The van der Waals surface area contributed by atoms with Gasteiger partial charge in [0.05, 0.1) is 12.6 Å². The molecule has 0 spiro atoms. The summed E-state index contributed by atoms with van der Waals surface area (Å²) in [6.07, 6.45) is 6.55. The van der Waals surface area contributed by atoms with E-state index in [0.717, 1.165) is 11.3 Å². The van der Waals surface area contributed by atoms with E-state index in [4.69, 9.17) is 0 Å². The molecule has 1 saturated carbocycles. The van der Waals surface area contributed by atoms with Crippen molar-refractivity contribution in [1.82, 2.24) is 5.32 Å². The van der Waals surface area contributed by atoms with E-state index >= 15 is 0 Å². The number of nitrogens with one attached hydrogen (secondary N) is 1. The minimum absolute atomic E-state index is 0.00557. The van der Waals surface area contributed by atoms with Gasteiger partial charge in [0.15, 0.2) is 0 Å². The van der Waals surface area contributed by atoms with Crippen LogP contribution in [0.15, 0.2) is 48.5 Å². The molecule has 1 aliphatic heterocycles. The molecule has 4 heteroatoms. The minimum Gasteiger partial charge on any atom is -0.392 e. The highest BCUT2D eigenvalue weighted by atomic mass is 16.3. The van der Waals surface area contributed by atoms with Gasteiger partial charge >= 0.3 is 6.03 Å². The summed E-state index contributed by atoms with van der Waals surface area (Å²) in [5.41, 5.74) is 4.32. The van der Waals surface area contributed by atoms with Crippen molar-refractivity contribution < 1.29 is 9.90 Å². The van der Waals surface area contributed by atoms with Gasteiger partial charge in [-0.1, -0.05) is 55.7 Å². The van der Waals surface area contributed by atoms with Crippen LogP contribution in [-0.2, 0) is 6.61 Å². The van der Waals surface area contributed by atoms with Crippen LogP contribution in [0.2, 0.25) is 0 Å². The van der Waals surface area contributed by atoms with E-state index in [0.29, 0.717) is 12.5 Å². The quantitative estimate of drug-likeness (QED) is 0.853. The fourth-order valence-corrected chi connectivity index (χ4v) is 4.28. The number of nitrogens with zero attached hydrogens (tertiary/aromatic N) is 1. The molecule has 1 atom stereocenters. The number of hydrogen-bond acceptors (Lipinski definition) is 2. The van der Waals surface area contributed by atoms with Gasteiger partial charge < -0.3 is 10.4 Å². The maximum atomic E-state index is 12.5. The van der Waals surface area contributed by atoms with Gasteiger partial charge in [-0.25, -0.2) is 4.79 Å². The Morgan fingerprint density at radius 1 is 1.00 bits per heavy atom. The molecular weight excluding hydrogens is 324 g/mol. The van der Waals surface area contributed by atoms with Crippen LogP contribution in [0, 0.1) is 0 Å². The summed E-state index contributed by atoms with van der Waals surface area (Å²) in [5.74, 6) is 0.658. The van der Waals surface area contributed by atoms with Gasteiger partial charge in [-0.3, -0.25) is 4.90 Å². The lowest BCUT2D eigenvalue weighted by Crippen LogP contribution is -2.29. The molecule has 2 fully saturated rings. The average molecular weight is 350 g/mol. The Labute approximate surface area is 154 Å². The van der Waals surface area contributed by atoms with Crippen LogP contribution < -0.4 is 10.2 Å². The first kappa shape index (κ1) is 17.1. The van der Waals surface area contributed by atoms with Crippen LogP contribution in [0.1, 0.15) is 60.8 Å². The Bertz CT molecular complexity index is 766. The number of amides is 2. The summed E-state index contributed by atoms with van der Waals surface area (Å²) in [7, 11) is 0. The van der Waals surface area contributed by atoms with Crippen molar-refractivity contribution >= 4 is 11.7 Å². The molecule has 2 N–H and O–H groups in total. The van der Waals surface area contributed by atoms with Gasteiger partial charge in [0.2, 0.25) is 0 Å². The number of rotatable bonds is 4. The van der Waals surface area contributed by atoms with Crippen LogP contribution in [0.4, 0.5) is 10.5 Å². The topological polar surface area (TPSA) is 52.6 Å². The number of aliphatic hydroxyl groups is 1. The monoisotopic (exact) mass is 350 g/mol. The first-order chi connectivity index (χ1) is 12.8. The summed E-state index contributed by atoms with van der Waals surface area (Å²) in [6, 6.07) is 16.3. The van der Waals surface area contributed by atoms with Crippen molar-refractivity contribution in [3.63, 3.8) is 0 Å². The highest BCUT2D eigenvalue weighted by Gasteiger charge is 2.33. The largest absolute Gasteiger partial charge is 0.392 e. The lowest BCUT2D eigenvalue weighted by molar-refractivity contribution is 0.251. The van der Waals surface area contributed by atoms with Crippen LogP contribution in [0.25, 0.3) is 0 Å². The summed E-state index contributed by atoms with van der Waals surface area (Å²) < 4.78 is 0. The highest BCUT2D eigenvalue weighted by Crippen LogP contribution is 2.36. The zero-order chi connectivity index (χ0) is 17.9. The molecule has 1 heterocycles. The molecule has 1 saturated heterocycles. The van der Waals surface area contributed by atoms with E-state index in [1.807, 2.05) is 29.2 Å². The number of carbonyl (C=O) groups is 1. The van der Waals surface area contributed by atoms with E-state index in [-0.39, 0.29) is 18.7 Å². The number of urea groups is 1. The molecule has 4 rings (SSSR count). The van der Waals surface area contributed by atoms with Crippen molar-refractivity contribution in [2.24, 2.45) is 0 Å². The zero-order valence-electron chi connectivity index (χ0n) is 15.0. The Hall–Kier alpha value is -2.33. The number of carbonyl (C=O) groups excluding carboxylic acids is 1. The first-order valence-corrected chi connectivity index (χ1v) is 9.63. The molecule has 0 radical (unpaired) electrons. The van der Waals surface area contributed by atoms with Gasteiger partial charge in [-0.05, 0) is 47.6 Å². The highest BCUT2D eigenvalue weighted by molar-refractivity contribution is 5.95. The molecule has 4 nitrogen and oxygen atoms in total. The summed E-state index contributed by atoms with van der Waals surface area (Å²) in [4.78, 5) is 14.3. The molecule has 1 unspecified atom stereocenters. The van der Waals surface area contributed by atoms with Crippen LogP contribution in [0.5, 0.6) is 0 Å². The van der Waals surface area contributed by atoms with Gasteiger partial charge in [-0.2, -0.15) is 0 Å². The van der Waals surface area contributed by atoms with Crippen molar-refractivity contribution in [2.75, 3.05) is 11.4 Å². The minimum atomic E-state index is -0.0604. The van der Waals surface area contributed by atoms with Gasteiger partial charge in [-0.15, -0.1) is 0 Å². The summed E-state index contributed by atoms with van der Waals surface area (Å²) in [6.45, 7) is 0.633. The smallest absolute Gasteiger partial charge is 0.322 e. The van der Waals surface area contributed by atoms with Gasteiger partial charge in [0, 0.05) is 12.2 Å². The molecule has 2 aromatic carbocycles. The Morgan fingerprint density at radius 2 is 1.73 bits per heavy atom. The third-order valence-electron chi connectivity index (χ3n) is 5.75. The van der Waals surface area contributed by atoms with Crippen LogP contribution in [-0.4, -0.2) is 17.7 Å². The predicted molar refractivity (Wildman–Crippen MR) is 103 cm³/mol. The number of aliphatic hydroxyl groups excluding tert-OH is 1. The van der Waals surface area contributed by atoms with E-state index in [9.17, 15) is 9.90 Å². The summed E-state index contributed by atoms with van der Waals surface area (Å²) >= 11 is 0. The fraction of sp³-hybridized carbons (Fsp3) is 0.409. The van der Waals surface area contributed by atoms with E-state index in [1.54, 1.807) is 0 Å². The van der Waals surface area contributed by atoms with E-state index < -0.39 is 0 Å². The normalized spacial score (nSPS) is 21.0. The Morgan fingerprint density at radius 3 is 2.46 bits per heavy atom. The van der Waals surface area contributed by atoms with Gasteiger partial charge in [0.1, 0.15) is 0 Å². The lowest BCUT2D eigenvalue weighted by atomic mass is 9.83. The standard InChI is InChI=1S/C22H26N2O2/c25-15-16-9-11-20(12-10-16)24-21(14-23-22(24)26)19-8-4-7-18(13-19)17-5-2-1-3-6-17/h4,7-13,17,21,25H,1-3,5-6,14-15H2,(H,23,26). The second-order valence-corrected chi connectivity index (χ2v) is 7.40. The fourth-order valence-electron chi connectivity index (χ4n) is 4.28. The second-order valence-electron chi connectivity index (χ2n) is 7.40. The number of hydrogen-bond donors (Lipinski definition) is 2. The SMILES string of the molecule is O=C1NCC(c2cccc(C3CCCCC3)c2)N1c1ccc(CO)cc1. The van der Waals surface area contributed by atoms with Crippen molar-refractivity contribution in [3.05, 3.63) is 65.2 Å². The molecule has 0 aromatic heterocycles. The maximum Gasteiger partial charge on any atom is 0.322 e. The van der Waals surface area contributed by atoms with E-state index in [2.05, 4.69) is 29.6 Å². The third kappa shape index (κ3) is 3.34. The van der Waals surface area contributed by atoms with Crippen molar-refractivity contribution in [3.8, 4) is 0 Å². The molecule has 2 aromatic rings. The van der Waals surface area contributed by atoms with Crippen LogP contribution in [0.3, 0.4) is 0 Å². The molecule has 1 aliphatic carbocycles. The van der Waals surface area contributed by atoms with Crippen molar-refractivity contribution in [1.29, 1.82) is 0 Å². The average Bonchev–Trinajstić information content (AvgIpc) is 3.10. The molecule has 2 aliphatic rings. The van der Waals surface area contributed by atoms with Crippen LogP contribution >= 0.6 is 0 Å². The molecule has 0 bridgehead atoms. The molecule has 26 heavy (non-hydrogen) atoms. The number of benzene rings is 2. The predicted octanol–water partition coefficient (Wildman–Crippen LogP) is 4.50. The maximum absolute atomic E-state index is 12.5. The Balaban J connectivity index is 1.61. The molecule has 136 valence electrons. The Kier molecular flexibility index (Phi) is 4.93. The first-order valence-electron chi connectivity index (χ1n) is 9.63. The second kappa shape index (κ2) is 7.50. The van der Waals surface area contributed by atoms with E-state index in [1.165, 1.54) is 43.2 Å². The summed E-state index contributed by atoms with van der Waals surface area (Å²) in [5, 5.41) is 12.2. The van der Waals surface area contributed by atoms with Crippen molar-refractivity contribution in [2.45, 2.75) is 50.7 Å². The molecule has 2 amide bonds. The third-order valence-corrected chi connectivity index (χ3v) is 5.75. The lowest BCUT2D eigenvalue weighted by Gasteiger charge is -2.26. The number of anilines is 1.